The van der Waals surface area contributed by atoms with Crippen LogP contribution in [-0.2, 0) is 0 Å². The maximum atomic E-state index is 13.2. The van der Waals surface area contributed by atoms with Gasteiger partial charge >= 0.3 is 0 Å². The predicted molar refractivity (Wildman–Crippen MR) is 133 cm³/mol. The highest BCUT2D eigenvalue weighted by molar-refractivity contribution is 6.24. The van der Waals surface area contributed by atoms with Gasteiger partial charge in [0.05, 0.1) is 11.4 Å². The first kappa shape index (κ1) is 23.8. The second kappa shape index (κ2) is 10.2. The lowest BCUT2D eigenvalue weighted by molar-refractivity contribution is 0.0982. The Morgan fingerprint density at radius 2 is 0.875 bits per heavy atom. The van der Waals surface area contributed by atoms with Crippen molar-refractivity contribution in [2.75, 3.05) is 21.8 Å². The monoisotopic (exact) mass is 468 g/mol. The first-order valence-corrected chi connectivity index (χ1v) is 11.4. The highest BCUT2D eigenvalue weighted by atomic mass is 35.5. The van der Waals surface area contributed by atoms with Crippen LogP contribution in [0.15, 0.2) is 60.7 Å². The molecule has 0 unspecified atom stereocenters. The molecule has 0 radical (unpaired) electrons. The zero-order valence-electron chi connectivity index (χ0n) is 18.7. The molecule has 166 valence electrons. The minimum Gasteiger partial charge on any atom is -0.294 e. The van der Waals surface area contributed by atoms with Crippen LogP contribution in [0.2, 0.25) is 0 Å². The van der Waals surface area contributed by atoms with Gasteiger partial charge in [-0.2, -0.15) is 0 Å². The van der Waals surface area contributed by atoms with Crippen molar-refractivity contribution >= 4 is 46.4 Å². The molecule has 0 atom stereocenters. The Balaban J connectivity index is 2.13. The molecule has 3 aromatic carbocycles. The van der Waals surface area contributed by atoms with Crippen LogP contribution >= 0.6 is 23.2 Å². The van der Waals surface area contributed by atoms with Crippen molar-refractivity contribution in [3.63, 3.8) is 0 Å². The van der Waals surface area contributed by atoms with E-state index in [0.717, 1.165) is 33.6 Å². The molecule has 0 saturated carbocycles. The van der Waals surface area contributed by atoms with Gasteiger partial charge in [0.2, 0.25) is 0 Å². The number of benzene rings is 3. The molecule has 0 aliphatic heterocycles. The lowest BCUT2D eigenvalue weighted by Gasteiger charge is -2.31. The Labute approximate surface area is 199 Å². The molecule has 0 saturated heterocycles. The Morgan fingerprint density at radius 3 is 1.12 bits per heavy atom. The van der Waals surface area contributed by atoms with Gasteiger partial charge in [-0.1, -0.05) is 36.4 Å². The molecule has 32 heavy (non-hydrogen) atoms. The largest absolute Gasteiger partial charge is 0.294 e. The molecule has 0 bridgehead atoms. The van der Waals surface area contributed by atoms with E-state index in [1.807, 2.05) is 64.1 Å². The van der Waals surface area contributed by atoms with E-state index in [-0.39, 0.29) is 23.8 Å². The predicted octanol–water partition coefficient (Wildman–Crippen LogP) is 6.61. The fourth-order valence-corrected chi connectivity index (χ4v) is 4.44. The summed E-state index contributed by atoms with van der Waals surface area (Å²) in [5, 5.41) is 0. The molecule has 0 fully saturated rings. The Morgan fingerprint density at radius 1 is 0.594 bits per heavy atom. The third-order valence-corrected chi connectivity index (χ3v) is 6.33. The van der Waals surface area contributed by atoms with Gasteiger partial charge in [0.15, 0.2) is 0 Å². The molecule has 0 aromatic heterocycles. The highest BCUT2D eigenvalue weighted by Crippen LogP contribution is 2.39. The average molecular weight is 469 g/mol. The van der Waals surface area contributed by atoms with Crippen LogP contribution < -0.4 is 9.80 Å². The molecule has 6 heteroatoms. The minimum absolute atomic E-state index is 0.00972. The van der Waals surface area contributed by atoms with Crippen LogP contribution in [0, 0.1) is 27.7 Å². The zero-order chi connectivity index (χ0) is 23.4. The summed E-state index contributed by atoms with van der Waals surface area (Å²) in [5.74, 6) is -0.346. The van der Waals surface area contributed by atoms with Crippen LogP contribution in [0.1, 0.15) is 43.0 Å². The van der Waals surface area contributed by atoms with E-state index >= 15 is 0 Å². The van der Waals surface area contributed by atoms with E-state index in [1.54, 1.807) is 34.1 Å². The summed E-state index contributed by atoms with van der Waals surface area (Å²) in [6, 6.07) is 18.1. The van der Waals surface area contributed by atoms with E-state index in [0.29, 0.717) is 11.1 Å². The van der Waals surface area contributed by atoms with Gasteiger partial charge in [-0.05, 0) is 74.2 Å². The molecule has 0 aliphatic carbocycles. The zero-order valence-corrected chi connectivity index (χ0v) is 20.2. The Hall–Kier alpha value is -2.82. The number of rotatable bonds is 6. The average Bonchev–Trinajstić information content (AvgIpc) is 2.83. The number of amides is 2. The van der Waals surface area contributed by atoms with Gasteiger partial charge in [-0.25, -0.2) is 0 Å². The molecule has 2 amide bonds. The SMILES string of the molecule is Cc1c(C)c(N(CCl)C(=O)c2ccccc2)c(C)c(C)c1N(CCl)C(=O)c1ccccc1. The molecule has 0 spiro atoms. The molecule has 4 nitrogen and oxygen atoms in total. The molecule has 3 rings (SSSR count). The lowest BCUT2D eigenvalue weighted by Crippen LogP contribution is -2.34. The van der Waals surface area contributed by atoms with E-state index in [4.69, 9.17) is 23.2 Å². The summed E-state index contributed by atoms with van der Waals surface area (Å²) in [6.45, 7) is 7.77. The summed E-state index contributed by atoms with van der Waals surface area (Å²) in [6.07, 6.45) is 0. The van der Waals surface area contributed by atoms with Crippen LogP contribution in [0.4, 0.5) is 11.4 Å². The van der Waals surface area contributed by atoms with Gasteiger partial charge in [-0.15, -0.1) is 23.2 Å². The first-order chi connectivity index (χ1) is 15.3. The van der Waals surface area contributed by atoms with E-state index in [9.17, 15) is 9.59 Å². The Kier molecular flexibility index (Phi) is 7.60. The fraction of sp³-hybridized carbons (Fsp3) is 0.231. The number of alkyl halides is 2. The second-order valence-corrected chi connectivity index (χ2v) is 8.11. The van der Waals surface area contributed by atoms with Crippen molar-refractivity contribution in [1.82, 2.24) is 0 Å². The van der Waals surface area contributed by atoms with Gasteiger partial charge in [0.1, 0.15) is 12.0 Å². The quantitative estimate of drug-likeness (QED) is 0.301. The van der Waals surface area contributed by atoms with E-state index in [1.165, 1.54) is 0 Å². The van der Waals surface area contributed by atoms with Crippen LogP contribution in [0.25, 0.3) is 0 Å². The number of nitrogens with zero attached hydrogens (tertiary/aromatic N) is 2. The van der Waals surface area contributed by atoms with Crippen molar-refractivity contribution in [2.45, 2.75) is 27.7 Å². The van der Waals surface area contributed by atoms with Crippen molar-refractivity contribution in [2.24, 2.45) is 0 Å². The number of anilines is 2. The van der Waals surface area contributed by atoms with Crippen LogP contribution in [0.5, 0.6) is 0 Å². The summed E-state index contributed by atoms with van der Waals surface area (Å²) >= 11 is 12.6. The fourth-order valence-electron chi connectivity index (χ4n) is 3.99. The maximum Gasteiger partial charge on any atom is 0.259 e. The summed E-state index contributed by atoms with van der Waals surface area (Å²) < 4.78 is 0. The van der Waals surface area contributed by atoms with Crippen LogP contribution in [-0.4, -0.2) is 23.8 Å². The highest BCUT2D eigenvalue weighted by Gasteiger charge is 2.28. The number of hydrogen-bond acceptors (Lipinski definition) is 2. The number of hydrogen-bond donors (Lipinski definition) is 0. The van der Waals surface area contributed by atoms with E-state index < -0.39 is 0 Å². The third-order valence-electron chi connectivity index (χ3n) is 5.86. The molecular weight excluding hydrogens is 443 g/mol. The van der Waals surface area contributed by atoms with Crippen LogP contribution in [0.3, 0.4) is 0 Å². The molecule has 3 aromatic rings. The molecule has 0 aliphatic rings. The van der Waals surface area contributed by atoms with Gasteiger partial charge in [0, 0.05) is 11.1 Å². The van der Waals surface area contributed by atoms with Gasteiger partial charge in [0.25, 0.3) is 11.8 Å². The summed E-state index contributed by atoms with van der Waals surface area (Å²) in [4.78, 5) is 29.6. The standard InChI is InChI=1S/C26H26Cl2N2O2/c1-17-18(2)24(30(16-28)26(32)22-13-9-6-10-14-22)20(4)19(3)23(17)29(15-27)25(31)21-11-7-5-8-12-21/h5-14H,15-16H2,1-4H3. The lowest BCUT2D eigenvalue weighted by atomic mass is 9.94. The first-order valence-electron chi connectivity index (χ1n) is 10.3. The number of carbonyl (C=O) groups is 2. The molecular formula is C26H26Cl2N2O2. The van der Waals surface area contributed by atoms with E-state index in [2.05, 4.69) is 0 Å². The van der Waals surface area contributed by atoms with Crippen molar-refractivity contribution < 1.29 is 9.59 Å². The minimum atomic E-state index is -0.173. The van der Waals surface area contributed by atoms with Crippen molar-refractivity contribution in [1.29, 1.82) is 0 Å². The smallest absolute Gasteiger partial charge is 0.259 e. The number of halogens is 2. The maximum absolute atomic E-state index is 13.2. The van der Waals surface area contributed by atoms with Gasteiger partial charge in [-0.3, -0.25) is 19.4 Å². The summed E-state index contributed by atoms with van der Waals surface area (Å²) in [5.41, 5.74) is 6.16. The van der Waals surface area contributed by atoms with Crippen molar-refractivity contribution in [3.05, 3.63) is 94.0 Å². The third kappa shape index (κ3) is 4.38. The van der Waals surface area contributed by atoms with Crippen molar-refractivity contribution in [3.8, 4) is 0 Å². The van der Waals surface area contributed by atoms with Gasteiger partial charge < -0.3 is 0 Å². The second-order valence-electron chi connectivity index (χ2n) is 7.63. The Bertz CT molecular complexity index is 1010. The topological polar surface area (TPSA) is 40.6 Å². The number of carbonyl (C=O) groups excluding carboxylic acids is 2. The molecule has 0 heterocycles. The molecule has 0 N–H and O–H groups in total. The summed E-state index contributed by atoms with van der Waals surface area (Å²) in [7, 11) is 0. The normalized spacial score (nSPS) is 10.7.